The smallest absolute Gasteiger partial charge is 0.131 e. The number of hydrogen-bond acceptors (Lipinski definition) is 1. The molecule has 0 amide bonds. The predicted molar refractivity (Wildman–Crippen MR) is 82.0 cm³/mol. The Kier molecular flexibility index (Phi) is 4.92. The highest BCUT2D eigenvalue weighted by Gasteiger charge is 2.10. The lowest BCUT2D eigenvalue weighted by Crippen LogP contribution is -2.16. The highest BCUT2D eigenvalue weighted by molar-refractivity contribution is 5.65. The van der Waals surface area contributed by atoms with E-state index in [1.54, 1.807) is 6.07 Å². The van der Waals surface area contributed by atoms with E-state index in [0.29, 0.717) is 5.56 Å². The summed E-state index contributed by atoms with van der Waals surface area (Å²) in [5, 5.41) is 3.39. The minimum Gasteiger partial charge on any atom is -0.316 e. The van der Waals surface area contributed by atoms with Gasteiger partial charge < -0.3 is 5.32 Å². The monoisotopic (exact) mass is 267 g/mol. The summed E-state index contributed by atoms with van der Waals surface area (Å²) < 4.78 is 13.8. The Balaban J connectivity index is 0.000000704. The molecular weight excluding hydrogens is 249 g/mol. The van der Waals surface area contributed by atoms with E-state index < -0.39 is 0 Å². The SMILES string of the molecule is C#C.Fc1ccccc1-c1ccc2c(c1)CCNCC2. The summed E-state index contributed by atoms with van der Waals surface area (Å²) in [6.45, 7) is 2.04. The molecule has 3 rings (SSSR count). The summed E-state index contributed by atoms with van der Waals surface area (Å²) >= 11 is 0. The van der Waals surface area contributed by atoms with Crippen LogP contribution in [0.5, 0.6) is 0 Å². The maximum Gasteiger partial charge on any atom is 0.131 e. The Labute approximate surface area is 119 Å². The molecule has 0 saturated carbocycles. The lowest BCUT2D eigenvalue weighted by atomic mass is 9.96. The third-order valence-corrected chi connectivity index (χ3v) is 3.53. The minimum absolute atomic E-state index is 0.149. The van der Waals surface area contributed by atoms with Crippen molar-refractivity contribution in [2.75, 3.05) is 13.1 Å². The largest absolute Gasteiger partial charge is 0.316 e. The molecule has 0 unspecified atom stereocenters. The Morgan fingerprint density at radius 3 is 2.35 bits per heavy atom. The fraction of sp³-hybridized carbons (Fsp3) is 0.222. The lowest BCUT2D eigenvalue weighted by Gasteiger charge is -2.09. The van der Waals surface area contributed by atoms with E-state index in [0.717, 1.165) is 31.5 Å². The Bertz CT molecular complexity index is 601. The van der Waals surface area contributed by atoms with Crippen LogP contribution in [0.4, 0.5) is 4.39 Å². The van der Waals surface area contributed by atoms with E-state index in [2.05, 4.69) is 30.3 Å². The zero-order valence-corrected chi connectivity index (χ0v) is 11.4. The van der Waals surface area contributed by atoms with E-state index in [1.165, 1.54) is 17.2 Å². The van der Waals surface area contributed by atoms with Crippen LogP contribution in [-0.2, 0) is 12.8 Å². The first-order chi connectivity index (χ1) is 9.84. The fourth-order valence-electron chi connectivity index (χ4n) is 2.54. The van der Waals surface area contributed by atoms with E-state index in [-0.39, 0.29) is 5.82 Å². The third-order valence-electron chi connectivity index (χ3n) is 3.53. The molecule has 1 N–H and O–H groups in total. The standard InChI is InChI=1S/C16H16FN.C2H2/c17-16-4-2-1-3-15(16)14-6-5-12-7-9-18-10-8-13(12)11-14;1-2/h1-6,11,18H,7-10H2;1-2H. The zero-order valence-electron chi connectivity index (χ0n) is 11.4. The molecule has 0 aliphatic carbocycles. The van der Waals surface area contributed by atoms with E-state index in [1.807, 2.05) is 18.2 Å². The molecule has 1 nitrogen and oxygen atoms in total. The van der Waals surface area contributed by atoms with Crippen LogP contribution in [0, 0.1) is 18.7 Å². The van der Waals surface area contributed by atoms with Gasteiger partial charge in [0, 0.05) is 5.56 Å². The maximum atomic E-state index is 13.8. The molecule has 102 valence electrons. The molecule has 20 heavy (non-hydrogen) atoms. The van der Waals surface area contributed by atoms with E-state index in [4.69, 9.17) is 0 Å². The summed E-state index contributed by atoms with van der Waals surface area (Å²) in [4.78, 5) is 0. The van der Waals surface area contributed by atoms with Crippen molar-refractivity contribution in [3.05, 3.63) is 59.4 Å². The number of terminal acetylenes is 1. The third kappa shape index (κ3) is 3.07. The second-order valence-electron chi connectivity index (χ2n) is 4.71. The number of fused-ring (bicyclic) bond motifs is 1. The summed E-state index contributed by atoms with van der Waals surface area (Å²) in [6, 6.07) is 13.3. The van der Waals surface area contributed by atoms with Crippen LogP contribution in [-0.4, -0.2) is 13.1 Å². The van der Waals surface area contributed by atoms with Gasteiger partial charge in [0.2, 0.25) is 0 Å². The van der Waals surface area contributed by atoms with Crippen molar-refractivity contribution in [3.8, 4) is 24.0 Å². The average Bonchev–Trinajstić information content (AvgIpc) is 2.74. The zero-order chi connectivity index (χ0) is 14.4. The quantitative estimate of drug-likeness (QED) is 0.781. The van der Waals surface area contributed by atoms with Crippen LogP contribution < -0.4 is 5.32 Å². The maximum absolute atomic E-state index is 13.8. The number of hydrogen-bond donors (Lipinski definition) is 1. The normalized spacial score (nSPS) is 13.6. The molecular formula is C18H18FN. The molecule has 0 bridgehead atoms. The second kappa shape index (κ2) is 6.88. The van der Waals surface area contributed by atoms with Gasteiger partial charge in [-0.2, -0.15) is 0 Å². The summed E-state index contributed by atoms with van der Waals surface area (Å²) in [6.07, 6.45) is 10.1. The first-order valence-electron chi connectivity index (χ1n) is 6.75. The van der Waals surface area contributed by atoms with Crippen molar-refractivity contribution in [1.29, 1.82) is 0 Å². The summed E-state index contributed by atoms with van der Waals surface area (Å²) in [5.74, 6) is -0.149. The summed E-state index contributed by atoms with van der Waals surface area (Å²) in [5.41, 5.74) is 4.41. The Morgan fingerprint density at radius 2 is 1.60 bits per heavy atom. The molecule has 0 radical (unpaired) electrons. The van der Waals surface area contributed by atoms with Crippen molar-refractivity contribution in [2.24, 2.45) is 0 Å². The first kappa shape index (κ1) is 14.3. The molecule has 0 atom stereocenters. The van der Waals surface area contributed by atoms with Gasteiger partial charge in [-0.05, 0) is 48.7 Å². The fourth-order valence-corrected chi connectivity index (χ4v) is 2.54. The summed E-state index contributed by atoms with van der Waals surface area (Å²) in [7, 11) is 0. The van der Waals surface area contributed by atoms with Crippen molar-refractivity contribution < 1.29 is 4.39 Å². The minimum atomic E-state index is -0.149. The molecule has 0 aromatic heterocycles. The van der Waals surface area contributed by atoms with Crippen LogP contribution in [0.3, 0.4) is 0 Å². The number of rotatable bonds is 1. The first-order valence-corrected chi connectivity index (χ1v) is 6.75. The molecule has 1 heterocycles. The van der Waals surface area contributed by atoms with Gasteiger partial charge in [0.15, 0.2) is 0 Å². The second-order valence-corrected chi connectivity index (χ2v) is 4.71. The van der Waals surface area contributed by atoms with Crippen LogP contribution in [0.15, 0.2) is 42.5 Å². The van der Waals surface area contributed by atoms with Crippen LogP contribution in [0.1, 0.15) is 11.1 Å². The Hall–Kier alpha value is -2.11. The van der Waals surface area contributed by atoms with Crippen LogP contribution in [0.2, 0.25) is 0 Å². The highest BCUT2D eigenvalue weighted by Crippen LogP contribution is 2.26. The average molecular weight is 267 g/mol. The molecule has 0 spiro atoms. The van der Waals surface area contributed by atoms with Gasteiger partial charge in [-0.25, -0.2) is 4.39 Å². The van der Waals surface area contributed by atoms with Crippen LogP contribution in [0.25, 0.3) is 11.1 Å². The lowest BCUT2D eigenvalue weighted by molar-refractivity contribution is 0.631. The highest BCUT2D eigenvalue weighted by atomic mass is 19.1. The van der Waals surface area contributed by atoms with Gasteiger partial charge in [0.1, 0.15) is 5.82 Å². The predicted octanol–water partition coefficient (Wildman–Crippen LogP) is 3.43. The molecule has 0 fully saturated rings. The van der Waals surface area contributed by atoms with Crippen molar-refractivity contribution in [2.45, 2.75) is 12.8 Å². The van der Waals surface area contributed by atoms with Gasteiger partial charge in [0.25, 0.3) is 0 Å². The van der Waals surface area contributed by atoms with Gasteiger partial charge in [-0.3, -0.25) is 0 Å². The van der Waals surface area contributed by atoms with E-state index >= 15 is 0 Å². The van der Waals surface area contributed by atoms with Crippen molar-refractivity contribution in [3.63, 3.8) is 0 Å². The van der Waals surface area contributed by atoms with Crippen molar-refractivity contribution >= 4 is 0 Å². The van der Waals surface area contributed by atoms with Crippen molar-refractivity contribution in [1.82, 2.24) is 5.32 Å². The molecule has 0 saturated heterocycles. The number of benzene rings is 2. The Morgan fingerprint density at radius 1 is 0.900 bits per heavy atom. The van der Waals surface area contributed by atoms with Gasteiger partial charge in [-0.15, -0.1) is 12.8 Å². The molecule has 1 aliphatic rings. The van der Waals surface area contributed by atoms with Gasteiger partial charge >= 0.3 is 0 Å². The van der Waals surface area contributed by atoms with Gasteiger partial charge in [0.05, 0.1) is 0 Å². The molecule has 2 heteroatoms. The number of nitrogens with one attached hydrogen (secondary N) is 1. The van der Waals surface area contributed by atoms with E-state index in [9.17, 15) is 4.39 Å². The molecule has 2 aromatic rings. The van der Waals surface area contributed by atoms with Gasteiger partial charge in [-0.1, -0.05) is 36.4 Å². The topological polar surface area (TPSA) is 12.0 Å². The van der Waals surface area contributed by atoms with Crippen LogP contribution >= 0.6 is 0 Å². The number of halogens is 1. The molecule has 1 aliphatic heterocycles. The molecule has 2 aromatic carbocycles.